The number of esters is 1. The van der Waals surface area contributed by atoms with Gasteiger partial charge in [-0.1, -0.05) is 11.3 Å². The minimum absolute atomic E-state index is 0.100. The Balaban J connectivity index is 2.13. The monoisotopic (exact) mass is 275 g/mol. The molecule has 0 saturated carbocycles. The van der Waals surface area contributed by atoms with Crippen molar-refractivity contribution in [3.8, 4) is 0 Å². The lowest BCUT2D eigenvalue weighted by Crippen LogP contribution is -2.24. The molecular formula is C9H10ClN3O3S. The summed E-state index contributed by atoms with van der Waals surface area (Å²) < 4.78 is 4.79. The number of rotatable bonds is 3. The van der Waals surface area contributed by atoms with E-state index in [2.05, 4.69) is 10.2 Å². The molecule has 1 atom stereocenters. The van der Waals surface area contributed by atoms with Crippen LogP contribution in [-0.4, -0.2) is 40.6 Å². The Bertz CT molecular complexity index is 450. The first kappa shape index (κ1) is 12.3. The summed E-state index contributed by atoms with van der Waals surface area (Å²) in [5.74, 6) is -0.623. The first-order chi connectivity index (χ1) is 8.11. The van der Waals surface area contributed by atoms with Gasteiger partial charge in [-0.05, 0) is 6.92 Å². The van der Waals surface area contributed by atoms with Gasteiger partial charge in [0.05, 0.1) is 12.0 Å². The van der Waals surface area contributed by atoms with E-state index < -0.39 is 5.97 Å². The lowest BCUT2D eigenvalue weighted by molar-refractivity contribution is -0.117. The zero-order chi connectivity index (χ0) is 12.4. The van der Waals surface area contributed by atoms with Crippen LogP contribution < -0.4 is 4.90 Å². The fourth-order valence-electron chi connectivity index (χ4n) is 1.45. The Labute approximate surface area is 107 Å². The molecule has 8 heteroatoms. The largest absolute Gasteiger partial charge is 0.461 e. The standard InChI is InChI=1S/C9H10ClN3O3S/c1-2-16-8(15)7-11-12-9(17-7)13-4-5(10)3-6(13)14/h5H,2-4H2,1H3. The second-order valence-corrected chi connectivity index (χ2v) is 4.99. The highest BCUT2D eigenvalue weighted by Gasteiger charge is 2.32. The van der Waals surface area contributed by atoms with Crippen LogP contribution in [0.5, 0.6) is 0 Å². The number of alkyl halides is 1. The molecule has 0 aromatic carbocycles. The van der Waals surface area contributed by atoms with Crippen molar-refractivity contribution in [1.29, 1.82) is 0 Å². The zero-order valence-electron chi connectivity index (χ0n) is 9.05. The molecule has 17 heavy (non-hydrogen) atoms. The van der Waals surface area contributed by atoms with E-state index in [1.165, 1.54) is 4.90 Å². The predicted octanol–water partition coefficient (Wildman–Crippen LogP) is 1.06. The summed E-state index contributed by atoms with van der Waals surface area (Å²) in [4.78, 5) is 24.4. The van der Waals surface area contributed by atoms with Crippen molar-refractivity contribution in [1.82, 2.24) is 10.2 Å². The Morgan fingerprint density at radius 3 is 3.00 bits per heavy atom. The normalized spacial score (nSPS) is 19.8. The zero-order valence-corrected chi connectivity index (χ0v) is 10.6. The van der Waals surface area contributed by atoms with Gasteiger partial charge in [-0.3, -0.25) is 9.69 Å². The number of halogens is 1. The van der Waals surface area contributed by atoms with Gasteiger partial charge in [0.15, 0.2) is 0 Å². The molecule has 0 aliphatic carbocycles. The Morgan fingerprint density at radius 2 is 2.41 bits per heavy atom. The van der Waals surface area contributed by atoms with E-state index in [-0.39, 0.29) is 29.3 Å². The third-order valence-corrected chi connectivity index (χ3v) is 3.39. The SMILES string of the molecule is CCOC(=O)c1nnc(N2CC(Cl)CC2=O)s1. The summed E-state index contributed by atoms with van der Waals surface area (Å²) in [6.07, 6.45) is 0.288. The lowest BCUT2D eigenvalue weighted by Gasteiger charge is -2.09. The van der Waals surface area contributed by atoms with Crippen LogP contribution in [0.25, 0.3) is 0 Å². The molecule has 1 aliphatic rings. The highest BCUT2D eigenvalue weighted by Crippen LogP contribution is 2.27. The second kappa shape index (κ2) is 4.97. The Hall–Kier alpha value is -1.21. The maximum atomic E-state index is 11.6. The highest BCUT2D eigenvalue weighted by atomic mass is 35.5. The van der Waals surface area contributed by atoms with Crippen LogP contribution in [-0.2, 0) is 9.53 Å². The summed E-state index contributed by atoms with van der Waals surface area (Å²) in [5.41, 5.74) is 0. The third-order valence-electron chi connectivity index (χ3n) is 2.17. The molecule has 1 unspecified atom stereocenters. The van der Waals surface area contributed by atoms with Gasteiger partial charge in [-0.15, -0.1) is 21.8 Å². The van der Waals surface area contributed by atoms with Crippen LogP contribution in [0.3, 0.4) is 0 Å². The molecule has 1 aromatic heterocycles. The van der Waals surface area contributed by atoms with E-state index in [0.717, 1.165) is 11.3 Å². The maximum Gasteiger partial charge on any atom is 0.369 e. The molecule has 1 aliphatic heterocycles. The van der Waals surface area contributed by atoms with Crippen molar-refractivity contribution >= 4 is 39.9 Å². The van der Waals surface area contributed by atoms with Crippen molar-refractivity contribution in [3.05, 3.63) is 5.01 Å². The molecule has 2 rings (SSSR count). The Morgan fingerprint density at radius 1 is 1.65 bits per heavy atom. The number of amides is 1. The molecule has 0 N–H and O–H groups in total. The first-order valence-electron chi connectivity index (χ1n) is 5.07. The average Bonchev–Trinajstić information content (AvgIpc) is 2.85. The van der Waals surface area contributed by atoms with Gasteiger partial charge < -0.3 is 4.74 Å². The topological polar surface area (TPSA) is 72.4 Å². The summed E-state index contributed by atoms with van der Waals surface area (Å²) in [7, 11) is 0. The van der Waals surface area contributed by atoms with Gasteiger partial charge in [-0.2, -0.15) is 0 Å². The number of hydrogen-bond acceptors (Lipinski definition) is 6. The van der Waals surface area contributed by atoms with E-state index in [1.807, 2.05) is 0 Å². The van der Waals surface area contributed by atoms with Crippen LogP contribution in [0.15, 0.2) is 0 Å². The lowest BCUT2D eigenvalue weighted by atomic mass is 10.4. The van der Waals surface area contributed by atoms with Crippen molar-refractivity contribution in [2.24, 2.45) is 0 Å². The average molecular weight is 276 g/mol. The number of carbonyl (C=O) groups excluding carboxylic acids is 2. The smallest absolute Gasteiger partial charge is 0.369 e. The van der Waals surface area contributed by atoms with E-state index in [4.69, 9.17) is 16.3 Å². The summed E-state index contributed by atoms with van der Waals surface area (Å²) in [6, 6.07) is 0. The minimum atomic E-state index is -0.523. The minimum Gasteiger partial charge on any atom is -0.461 e. The van der Waals surface area contributed by atoms with Gasteiger partial charge in [0.1, 0.15) is 0 Å². The summed E-state index contributed by atoms with van der Waals surface area (Å²) in [5, 5.41) is 7.82. The van der Waals surface area contributed by atoms with Crippen LogP contribution >= 0.6 is 22.9 Å². The Kier molecular flexibility index (Phi) is 3.58. The molecule has 0 spiro atoms. The molecule has 2 heterocycles. The summed E-state index contributed by atoms with van der Waals surface area (Å²) >= 11 is 6.91. The molecule has 6 nitrogen and oxygen atoms in total. The van der Waals surface area contributed by atoms with E-state index in [0.29, 0.717) is 11.7 Å². The predicted molar refractivity (Wildman–Crippen MR) is 62.5 cm³/mol. The van der Waals surface area contributed by atoms with Gasteiger partial charge in [0.25, 0.3) is 0 Å². The molecular weight excluding hydrogens is 266 g/mol. The van der Waals surface area contributed by atoms with Crippen molar-refractivity contribution in [2.45, 2.75) is 18.7 Å². The number of nitrogens with zero attached hydrogens (tertiary/aromatic N) is 3. The molecule has 1 saturated heterocycles. The quantitative estimate of drug-likeness (QED) is 0.609. The van der Waals surface area contributed by atoms with E-state index in [9.17, 15) is 9.59 Å². The van der Waals surface area contributed by atoms with Crippen LogP contribution in [0, 0.1) is 0 Å². The number of carbonyl (C=O) groups is 2. The van der Waals surface area contributed by atoms with E-state index >= 15 is 0 Å². The highest BCUT2D eigenvalue weighted by molar-refractivity contribution is 7.17. The van der Waals surface area contributed by atoms with Gasteiger partial charge in [0.2, 0.25) is 16.0 Å². The molecule has 1 aromatic rings. The first-order valence-corrected chi connectivity index (χ1v) is 6.32. The van der Waals surface area contributed by atoms with Gasteiger partial charge in [-0.25, -0.2) is 4.79 Å². The van der Waals surface area contributed by atoms with Gasteiger partial charge >= 0.3 is 5.97 Å². The van der Waals surface area contributed by atoms with E-state index in [1.54, 1.807) is 6.92 Å². The number of anilines is 1. The second-order valence-electron chi connectivity index (χ2n) is 3.42. The van der Waals surface area contributed by atoms with Crippen molar-refractivity contribution in [3.63, 3.8) is 0 Å². The molecule has 92 valence electrons. The van der Waals surface area contributed by atoms with Crippen LogP contribution in [0.1, 0.15) is 23.1 Å². The molecule has 1 fully saturated rings. The van der Waals surface area contributed by atoms with Crippen LogP contribution in [0.2, 0.25) is 0 Å². The third kappa shape index (κ3) is 2.55. The number of aromatic nitrogens is 2. The van der Waals surface area contributed by atoms with Crippen molar-refractivity contribution < 1.29 is 14.3 Å². The molecule has 0 bridgehead atoms. The summed E-state index contributed by atoms with van der Waals surface area (Å²) in [6.45, 7) is 2.39. The number of hydrogen-bond donors (Lipinski definition) is 0. The van der Waals surface area contributed by atoms with Crippen molar-refractivity contribution in [2.75, 3.05) is 18.1 Å². The fourth-order valence-corrected chi connectivity index (χ4v) is 2.48. The number of ether oxygens (including phenoxy) is 1. The molecule has 0 radical (unpaired) electrons. The van der Waals surface area contributed by atoms with Crippen LogP contribution in [0.4, 0.5) is 5.13 Å². The van der Waals surface area contributed by atoms with Gasteiger partial charge in [0, 0.05) is 13.0 Å². The fraction of sp³-hybridized carbons (Fsp3) is 0.556. The maximum absolute atomic E-state index is 11.6. The molecule has 1 amide bonds.